The van der Waals surface area contributed by atoms with E-state index in [1.165, 1.54) is 19.1 Å². The van der Waals surface area contributed by atoms with Gasteiger partial charge in [-0.05, 0) is 55.1 Å². The van der Waals surface area contributed by atoms with E-state index in [1.807, 2.05) is 0 Å². The number of carboxylic acid groups (broad SMARTS) is 1. The maximum absolute atomic E-state index is 12.9. The van der Waals surface area contributed by atoms with Crippen molar-refractivity contribution in [1.82, 2.24) is 10.6 Å². The minimum absolute atomic E-state index is 0.122. The largest absolute Gasteiger partial charge is 0.481 e. The standard InChI is InChI=1S/C25H31N5O6/c1-15(31)28-21(9-5-6-12-26)25(36)29-17-10-11-18(19(13-17)16-7-3-2-4-8-16)23(34)30-24(35)20(27)14-22(32)33/h2-4,7-8,10-11,13,20-21H,5-6,9,12,14,26-27H2,1H3,(H,28,31)(H,29,36)(H,32,33)(H,30,34,35)/t20-,21?/m0/s1. The lowest BCUT2D eigenvalue weighted by Gasteiger charge is -2.19. The van der Waals surface area contributed by atoms with E-state index in [0.29, 0.717) is 42.6 Å². The first-order chi connectivity index (χ1) is 17.1. The number of rotatable bonds is 12. The fraction of sp³-hybridized carbons (Fsp3) is 0.320. The lowest BCUT2D eigenvalue weighted by atomic mass is 9.98. The second-order valence-electron chi connectivity index (χ2n) is 8.18. The maximum atomic E-state index is 12.9. The SMILES string of the molecule is CC(=O)NC(CCCCN)C(=O)Nc1ccc(C(=O)NC(=O)[C@@H](N)CC(=O)O)c(-c2ccccc2)c1. The minimum atomic E-state index is -1.39. The molecule has 2 aromatic rings. The van der Waals surface area contributed by atoms with Gasteiger partial charge in [-0.2, -0.15) is 0 Å². The number of carboxylic acids is 1. The molecule has 11 heteroatoms. The predicted octanol–water partition coefficient (Wildman–Crippen LogP) is 0.984. The van der Waals surface area contributed by atoms with Crippen molar-refractivity contribution in [2.24, 2.45) is 11.5 Å². The van der Waals surface area contributed by atoms with Crippen molar-refractivity contribution in [2.45, 2.75) is 44.7 Å². The van der Waals surface area contributed by atoms with Crippen molar-refractivity contribution >= 4 is 35.3 Å². The van der Waals surface area contributed by atoms with Gasteiger partial charge < -0.3 is 27.2 Å². The summed E-state index contributed by atoms with van der Waals surface area (Å²) in [5.41, 5.74) is 12.6. The number of hydrogen-bond acceptors (Lipinski definition) is 7. The van der Waals surface area contributed by atoms with Crippen LogP contribution in [-0.2, 0) is 19.2 Å². The molecule has 0 aromatic heterocycles. The highest BCUT2D eigenvalue weighted by molar-refractivity contribution is 6.10. The molecule has 0 radical (unpaired) electrons. The molecule has 0 aliphatic carbocycles. The predicted molar refractivity (Wildman–Crippen MR) is 134 cm³/mol. The van der Waals surface area contributed by atoms with Crippen molar-refractivity contribution in [3.63, 3.8) is 0 Å². The lowest BCUT2D eigenvalue weighted by Crippen LogP contribution is -2.44. The second kappa shape index (κ2) is 13.7. The molecule has 0 saturated heterocycles. The van der Waals surface area contributed by atoms with Gasteiger partial charge in [0, 0.05) is 18.2 Å². The quantitative estimate of drug-likeness (QED) is 0.234. The van der Waals surface area contributed by atoms with Crippen LogP contribution >= 0.6 is 0 Å². The summed E-state index contributed by atoms with van der Waals surface area (Å²) in [6.07, 6.45) is 1.14. The van der Waals surface area contributed by atoms with Crippen molar-refractivity contribution in [2.75, 3.05) is 11.9 Å². The number of amides is 4. The molecule has 4 amide bonds. The van der Waals surface area contributed by atoms with Crippen LogP contribution in [0.15, 0.2) is 48.5 Å². The molecule has 2 atom stereocenters. The number of carbonyl (C=O) groups is 5. The van der Waals surface area contributed by atoms with Gasteiger partial charge in [-0.15, -0.1) is 0 Å². The minimum Gasteiger partial charge on any atom is -0.481 e. The topological polar surface area (TPSA) is 194 Å². The van der Waals surface area contributed by atoms with Crippen LogP contribution in [0, 0.1) is 0 Å². The summed E-state index contributed by atoms with van der Waals surface area (Å²) in [5, 5.41) is 16.3. The molecular weight excluding hydrogens is 466 g/mol. The van der Waals surface area contributed by atoms with E-state index in [0.717, 1.165) is 0 Å². The van der Waals surface area contributed by atoms with Crippen LogP contribution in [-0.4, -0.2) is 53.3 Å². The van der Waals surface area contributed by atoms with Gasteiger partial charge >= 0.3 is 5.97 Å². The number of nitrogens with two attached hydrogens (primary N) is 2. The summed E-state index contributed by atoms with van der Waals surface area (Å²) < 4.78 is 0. The van der Waals surface area contributed by atoms with Crippen molar-refractivity contribution in [3.05, 3.63) is 54.1 Å². The van der Waals surface area contributed by atoms with E-state index in [1.54, 1.807) is 36.4 Å². The zero-order chi connectivity index (χ0) is 26.7. The third-order valence-electron chi connectivity index (χ3n) is 5.23. The number of anilines is 1. The van der Waals surface area contributed by atoms with Gasteiger partial charge in [0.2, 0.25) is 17.7 Å². The Balaban J connectivity index is 2.31. The molecule has 0 heterocycles. The molecule has 0 fully saturated rings. The van der Waals surface area contributed by atoms with Crippen molar-refractivity contribution in [3.8, 4) is 11.1 Å². The fourth-order valence-electron chi connectivity index (χ4n) is 3.47. The van der Waals surface area contributed by atoms with Crippen LogP contribution < -0.4 is 27.4 Å². The lowest BCUT2D eigenvalue weighted by molar-refractivity contribution is -0.139. The fourth-order valence-corrected chi connectivity index (χ4v) is 3.47. The summed E-state index contributed by atoms with van der Waals surface area (Å²) in [7, 11) is 0. The first kappa shape index (κ1) is 28.1. The maximum Gasteiger partial charge on any atom is 0.305 e. The van der Waals surface area contributed by atoms with Gasteiger partial charge in [-0.25, -0.2) is 0 Å². The van der Waals surface area contributed by atoms with Crippen LogP contribution in [0.3, 0.4) is 0 Å². The summed E-state index contributed by atoms with van der Waals surface area (Å²) >= 11 is 0. The molecule has 36 heavy (non-hydrogen) atoms. The molecule has 2 rings (SSSR count). The van der Waals surface area contributed by atoms with Crippen LogP contribution in [0.5, 0.6) is 0 Å². The molecule has 8 N–H and O–H groups in total. The second-order valence-corrected chi connectivity index (χ2v) is 8.18. The van der Waals surface area contributed by atoms with Crippen LogP contribution in [0.4, 0.5) is 5.69 Å². The van der Waals surface area contributed by atoms with Gasteiger partial charge in [0.05, 0.1) is 12.5 Å². The van der Waals surface area contributed by atoms with E-state index in [9.17, 15) is 24.0 Å². The van der Waals surface area contributed by atoms with Crippen LogP contribution in [0.1, 0.15) is 43.0 Å². The Morgan fingerprint density at radius 3 is 2.28 bits per heavy atom. The number of hydrogen-bond donors (Lipinski definition) is 6. The highest BCUT2D eigenvalue weighted by Crippen LogP contribution is 2.27. The molecule has 0 aliphatic heterocycles. The van der Waals surface area contributed by atoms with Crippen molar-refractivity contribution in [1.29, 1.82) is 0 Å². The highest BCUT2D eigenvalue weighted by atomic mass is 16.4. The summed E-state index contributed by atoms with van der Waals surface area (Å²) in [6, 6.07) is 11.2. The zero-order valence-electron chi connectivity index (χ0n) is 20.0. The van der Waals surface area contributed by atoms with Gasteiger partial charge in [-0.3, -0.25) is 29.3 Å². The van der Waals surface area contributed by atoms with Gasteiger partial charge in [0.25, 0.3) is 5.91 Å². The van der Waals surface area contributed by atoms with E-state index < -0.39 is 42.2 Å². The Morgan fingerprint density at radius 2 is 1.67 bits per heavy atom. The van der Waals surface area contributed by atoms with Gasteiger partial charge in [0.15, 0.2) is 0 Å². The number of carbonyl (C=O) groups excluding carboxylic acids is 4. The average Bonchev–Trinajstić information content (AvgIpc) is 2.83. The normalized spacial score (nSPS) is 12.2. The Hall–Kier alpha value is -4.09. The van der Waals surface area contributed by atoms with Crippen LogP contribution in [0.25, 0.3) is 11.1 Å². The first-order valence-corrected chi connectivity index (χ1v) is 11.4. The number of unbranched alkanes of at least 4 members (excludes halogenated alkanes) is 1. The first-order valence-electron chi connectivity index (χ1n) is 11.4. The third-order valence-corrected chi connectivity index (χ3v) is 5.23. The van der Waals surface area contributed by atoms with E-state index in [-0.39, 0.29) is 11.5 Å². The summed E-state index contributed by atoms with van der Waals surface area (Å²) in [6.45, 7) is 1.80. The Labute approximate surface area is 208 Å². The Morgan fingerprint density at radius 1 is 0.972 bits per heavy atom. The molecular formula is C25H31N5O6. The molecule has 192 valence electrons. The zero-order valence-corrected chi connectivity index (χ0v) is 20.0. The molecule has 0 spiro atoms. The number of aliphatic carboxylic acids is 1. The van der Waals surface area contributed by atoms with E-state index >= 15 is 0 Å². The molecule has 1 unspecified atom stereocenters. The average molecular weight is 498 g/mol. The number of nitrogens with one attached hydrogen (secondary N) is 3. The molecule has 0 bridgehead atoms. The Kier molecular flexibility index (Phi) is 10.7. The molecule has 2 aromatic carbocycles. The summed E-state index contributed by atoms with van der Waals surface area (Å²) in [5.74, 6) is -3.72. The summed E-state index contributed by atoms with van der Waals surface area (Å²) in [4.78, 5) is 60.3. The smallest absolute Gasteiger partial charge is 0.305 e. The van der Waals surface area contributed by atoms with Gasteiger partial charge in [0.1, 0.15) is 6.04 Å². The highest BCUT2D eigenvalue weighted by Gasteiger charge is 2.23. The number of imide groups is 1. The Bertz CT molecular complexity index is 1110. The van der Waals surface area contributed by atoms with Gasteiger partial charge in [-0.1, -0.05) is 30.3 Å². The monoisotopic (exact) mass is 497 g/mol. The van der Waals surface area contributed by atoms with E-state index in [2.05, 4.69) is 16.0 Å². The van der Waals surface area contributed by atoms with Crippen LogP contribution in [0.2, 0.25) is 0 Å². The molecule has 11 nitrogen and oxygen atoms in total. The molecule has 0 aliphatic rings. The molecule has 0 saturated carbocycles. The number of benzene rings is 2. The third kappa shape index (κ3) is 8.60. The van der Waals surface area contributed by atoms with E-state index in [4.69, 9.17) is 16.6 Å². The van der Waals surface area contributed by atoms with Crippen molar-refractivity contribution < 1.29 is 29.1 Å².